The number of carbonyl (C=O) groups is 1. The molecule has 8 atom stereocenters. The van der Waals surface area contributed by atoms with Crippen LogP contribution in [0.25, 0.3) is 0 Å². The lowest BCUT2D eigenvalue weighted by Gasteiger charge is -2.47. The molecule has 8 unspecified atom stereocenters. The fourth-order valence-electron chi connectivity index (χ4n) is 5.30. The summed E-state index contributed by atoms with van der Waals surface area (Å²) in [6, 6.07) is 0. The van der Waals surface area contributed by atoms with Crippen molar-refractivity contribution in [3.05, 3.63) is 72.4 Å². The van der Waals surface area contributed by atoms with Crippen molar-refractivity contribution in [2.24, 2.45) is 11.3 Å². The first-order chi connectivity index (χ1) is 18.8. The van der Waals surface area contributed by atoms with Gasteiger partial charge >= 0.3 is 5.97 Å². The predicted molar refractivity (Wildman–Crippen MR) is 152 cm³/mol. The molecule has 3 aliphatic rings. The van der Waals surface area contributed by atoms with Gasteiger partial charge in [-0.05, 0) is 32.6 Å². The number of esters is 1. The van der Waals surface area contributed by atoms with Crippen LogP contribution in [0.5, 0.6) is 0 Å². The standard InChI is InChI=1S/C32H46O7/c1-23-13-7-4-8-15-26-21-30(32(3,22-34)29(38-26)16-10-6-12-18-33)39-31(36)17-11-5-9-14-25-20-27(35)24(2)28(19-23)37-25/h5-11,13,15,17,19,24-30,33-35H,4,12,14,16,18,20-22H2,1-3H3. The molecule has 0 aliphatic carbocycles. The van der Waals surface area contributed by atoms with Crippen molar-refractivity contribution < 1.29 is 34.3 Å². The quantitative estimate of drug-likeness (QED) is 0.347. The van der Waals surface area contributed by atoms with Gasteiger partial charge < -0.3 is 29.5 Å². The summed E-state index contributed by atoms with van der Waals surface area (Å²) in [7, 11) is 0. The summed E-state index contributed by atoms with van der Waals surface area (Å²) in [6.45, 7) is 5.83. The van der Waals surface area contributed by atoms with Crippen LogP contribution >= 0.6 is 0 Å². The third-order valence-electron chi connectivity index (χ3n) is 7.96. The molecule has 0 aromatic heterocycles. The van der Waals surface area contributed by atoms with E-state index in [1.807, 2.05) is 51.2 Å². The summed E-state index contributed by atoms with van der Waals surface area (Å²) in [5, 5.41) is 30.0. The zero-order chi connectivity index (χ0) is 28.3. The number of aliphatic hydroxyl groups excluding tert-OH is 3. The van der Waals surface area contributed by atoms with E-state index in [9.17, 15) is 15.0 Å². The van der Waals surface area contributed by atoms with Gasteiger partial charge in [0.05, 0.1) is 42.5 Å². The van der Waals surface area contributed by atoms with Crippen molar-refractivity contribution in [3.63, 3.8) is 0 Å². The van der Waals surface area contributed by atoms with Crippen LogP contribution in [0, 0.1) is 11.3 Å². The van der Waals surface area contributed by atoms with E-state index in [1.165, 1.54) is 6.08 Å². The molecule has 3 aliphatic heterocycles. The Kier molecular flexibility index (Phi) is 12.4. The van der Waals surface area contributed by atoms with E-state index < -0.39 is 23.6 Å². The predicted octanol–water partition coefficient (Wildman–Crippen LogP) is 4.50. The SMILES string of the molecule is CC1=CC2OC(CC=CC=CC(=O)OC3CC(C=CCC=C1)OC(CC=CCCO)C3(C)CO)CC(O)C2C. The van der Waals surface area contributed by atoms with E-state index in [1.54, 1.807) is 12.2 Å². The Hall–Kier alpha value is -2.29. The van der Waals surface area contributed by atoms with Gasteiger partial charge in [-0.25, -0.2) is 4.79 Å². The average Bonchev–Trinajstić information content (AvgIpc) is 2.90. The number of allylic oxidation sites excluding steroid dienone is 6. The molecule has 0 spiro atoms. The maximum Gasteiger partial charge on any atom is 0.331 e. The second-order valence-corrected chi connectivity index (χ2v) is 11.1. The highest BCUT2D eigenvalue weighted by Gasteiger charge is 2.48. The Morgan fingerprint density at radius 2 is 1.90 bits per heavy atom. The molecule has 7 nitrogen and oxygen atoms in total. The molecule has 216 valence electrons. The first-order valence-electron chi connectivity index (χ1n) is 14.2. The van der Waals surface area contributed by atoms with Crippen molar-refractivity contribution >= 4 is 5.97 Å². The monoisotopic (exact) mass is 542 g/mol. The number of rotatable bonds is 5. The maximum atomic E-state index is 12.8. The maximum absolute atomic E-state index is 12.8. The molecule has 0 aromatic rings. The highest BCUT2D eigenvalue weighted by atomic mass is 16.6. The fourth-order valence-corrected chi connectivity index (χ4v) is 5.30. The van der Waals surface area contributed by atoms with Crippen molar-refractivity contribution in [1.82, 2.24) is 0 Å². The molecule has 7 heteroatoms. The lowest BCUT2D eigenvalue weighted by atomic mass is 9.73. The number of ether oxygens (including phenoxy) is 3. The zero-order valence-corrected chi connectivity index (χ0v) is 23.5. The van der Waals surface area contributed by atoms with Gasteiger partial charge in [-0.15, -0.1) is 0 Å². The summed E-state index contributed by atoms with van der Waals surface area (Å²) in [5.74, 6) is -0.465. The second kappa shape index (κ2) is 15.5. The Balaban J connectivity index is 1.84. The van der Waals surface area contributed by atoms with E-state index in [0.717, 1.165) is 5.57 Å². The molecule has 3 rings (SSSR count). The molecular formula is C32H46O7. The molecule has 39 heavy (non-hydrogen) atoms. The number of carbonyl (C=O) groups excluding carboxylic acids is 1. The summed E-state index contributed by atoms with van der Waals surface area (Å²) in [4.78, 5) is 12.8. The topological polar surface area (TPSA) is 105 Å². The lowest BCUT2D eigenvalue weighted by molar-refractivity contribution is -0.198. The van der Waals surface area contributed by atoms with E-state index in [0.29, 0.717) is 38.5 Å². The Bertz CT molecular complexity index is 962. The third-order valence-corrected chi connectivity index (χ3v) is 7.96. The minimum atomic E-state index is -0.779. The van der Waals surface area contributed by atoms with Crippen LogP contribution in [0.3, 0.4) is 0 Å². The number of hydrogen-bond donors (Lipinski definition) is 3. The minimum absolute atomic E-state index is 0.00781. The second-order valence-electron chi connectivity index (χ2n) is 11.1. The van der Waals surface area contributed by atoms with Crippen molar-refractivity contribution in [3.8, 4) is 0 Å². The molecule has 0 saturated carbocycles. The summed E-state index contributed by atoms with van der Waals surface area (Å²) >= 11 is 0. The zero-order valence-electron chi connectivity index (χ0n) is 23.5. The fraction of sp³-hybridized carbons (Fsp3) is 0.594. The summed E-state index contributed by atoms with van der Waals surface area (Å²) < 4.78 is 18.5. The van der Waals surface area contributed by atoms with Crippen molar-refractivity contribution in [2.45, 2.75) is 95.9 Å². The van der Waals surface area contributed by atoms with Crippen LogP contribution in [0.15, 0.2) is 72.4 Å². The Morgan fingerprint density at radius 1 is 1.08 bits per heavy atom. The first-order valence-corrected chi connectivity index (χ1v) is 14.2. The van der Waals surface area contributed by atoms with Crippen molar-refractivity contribution in [1.29, 1.82) is 0 Å². The largest absolute Gasteiger partial charge is 0.458 e. The molecule has 0 amide bonds. The van der Waals surface area contributed by atoms with E-state index >= 15 is 0 Å². The van der Waals surface area contributed by atoms with Gasteiger partial charge in [0.25, 0.3) is 0 Å². The van der Waals surface area contributed by atoms with E-state index in [-0.39, 0.29) is 43.5 Å². The summed E-state index contributed by atoms with van der Waals surface area (Å²) in [5.41, 5.74) is 0.300. The molecule has 3 N–H and O–H groups in total. The molecule has 3 heterocycles. The van der Waals surface area contributed by atoms with Gasteiger partial charge in [0.1, 0.15) is 6.10 Å². The number of hydrogen-bond acceptors (Lipinski definition) is 7. The Labute approximate surface area is 233 Å². The van der Waals surface area contributed by atoms with Crippen LogP contribution in [-0.4, -0.2) is 71.1 Å². The highest BCUT2D eigenvalue weighted by Crippen LogP contribution is 2.41. The molecule has 0 aromatic carbocycles. The molecular weight excluding hydrogens is 496 g/mol. The molecule has 0 radical (unpaired) electrons. The average molecular weight is 543 g/mol. The van der Waals surface area contributed by atoms with Crippen LogP contribution < -0.4 is 0 Å². The van der Waals surface area contributed by atoms with Gasteiger partial charge in [-0.3, -0.25) is 0 Å². The minimum Gasteiger partial charge on any atom is -0.458 e. The van der Waals surface area contributed by atoms with Crippen LogP contribution in [0.2, 0.25) is 0 Å². The van der Waals surface area contributed by atoms with E-state index in [4.69, 9.17) is 19.3 Å². The van der Waals surface area contributed by atoms with Gasteiger partial charge in [0.2, 0.25) is 0 Å². The lowest BCUT2D eigenvalue weighted by Crippen LogP contribution is -2.55. The molecule has 2 saturated heterocycles. The van der Waals surface area contributed by atoms with Crippen LogP contribution in [-0.2, 0) is 19.0 Å². The van der Waals surface area contributed by atoms with Gasteiger partial charge in [0, 0.05) is 31.4 Å². The normalized spacial score (nSPS) is 36.5. The molecule has 2 fully saturated rings. The van der Waals surface area contributed by atoms with Gasteiger partial charge in [-0.1, -0.05) is 80.2 Å². The first kappa shape index (κ1) is 31.2. The van der Waals surface area contributed by atoms with Crippen molar-refractivity contribution in [2.75, 3.05) is 13.2 Å². The van der Waals surface area contributed by atoms with Gasteiger partial charge in [-0.2, -0.15) is 0 Å². The molecule has 4 bridgehead atoms. The van der Waals surface area contributed by atoms with Crippen LogP contribution in [0.1, 0.15) is 59.3 Å². The number of aliphatic hydroxyl groups is 3. The van der Waals surface area contributed by atoms with Crippen LogP contribution in [0.4, 0.5) is 0 Å². The Morgan fingerprint density at radius 3 is 2.67 bits per heavy atom. The highest BCUT2D eigenvalue weighted by molar-refractivity contribution is 5.82. The smallest absolute Gasteiger partial charge is 0.331 e. The van der Waals surface area contributed by atoms with E-state index in [2.05, 4.69) is 18.2 Å². The third kappa shape index (κ3) is 9.12. The summed E-state index contributed by atoms with van der Waals surface area (Å²) in [6.07, 6.45) is 22.4. The van der Waals surface area contributed by atoms with Gasteiger partial charge in [0.15, 0.2) is 0 Å². The number of fused-ring (bicyclic) bond motifs is 4.